The number of aromatic nitrogens is 4. The first-order valence-corrected chi connectivity index (χ1v) is 14.1. The molecule has 2 bridgehead atoms. The molecule has 3 aromatic heterocycles. The highest BCUT2D eigenvalue weighted by atomic mass is 35.5. The average Bonchev–Trinajstić information content (AvgIpc) is 3.42. The fraction of sp³-hybridized carbons (Fsp3) is 0.393. The predicted octanol–water partition coefficient (Wildman–Crippen LogP) is 6.39. The fourth-order valence-electron chi connectivity index (χ4n) is 5.90. The molecule has 0 spiro atoms. The zero-order chi connectivity index (χ0) is 27.4. The molecule has 12 heteroatoms. The lowest BCUT2D eigenvalue weighted by molar-refractivity contribution is 0.0139. The van der Waals surface area contributed by atoms with Crippen molar-refractivity contribution in [2.24, 2.45) is 0 Å². The number of ether oxygens (including phenoxy) is 1. The van der Waals surface area contributed by atoms with E-state index in [0.717, 1.165) is 49.8 Å². The zero-order valence-corrected chi connectivity index (χ0v) is 22.8. The minimum Gasteiger partial charge on any atom is -0.478 e. The van der Waals surface area contributed by atoms with Gasteiger partial charge in [0.05, 0.1) is 28.3 Å². The summed E-state index contributed by atoms with van der Waals surface area (Å²) in [6, 6.07) is 9.33. The maximum Gasteiger partial charge on any atom is 0.337 e. The van der Waals surface area contributed by atoms with E-state index in [9.17, 15) is 4.79 Å². The Balaban J connectivity index is 1.06. The van der Waals surface area contributed by atoms with Gasteiger partial charge in [0.2, 0.25) is 0 Å². The molecule has 1 N–H and O–H groups in total. The van der Waals surface area contributed by atoms with Crippen LogP contribution in [-0.2, 0) is 11.3 Å². The lowest BCUT2D eigenvalue weighted by atomic mass is 10.00. The third kappa shape index (κ3) is 4.63. The van der Waals surface area contributed by atoms with Gasteiger partial charge >= 0.3 is 12.0 Å². The van der Waals surface area contributed by atoms with E-state index in [0.29, 0.717) is 45.5 Å². The van der Waals surface area contributed by atoms with E-state index in [2.05, 4.69) is 25.2 Å². The number of piperidine rings is 1. The van der Waals surface area contributed by atoms with Gasteiger partial charge in [-0.3, -0.25) is 4.98 Å². The van der Waals surface area contributed by atoms with Gasteiger partial charge in [0.15, 0.2) is 0 Å². The van der Waals surface area contributed by atoms with Gasteiger partial charge in [-0.15, -0.1) is 5.10 Å². The van der Waals surface area contributed by atoms with Gasteiger partial charge in [0.1, 0.15) is 17.1 Å². The number of carbonyl (C=O) groups is 1. The highest BCUT2D eigenvalue weighted by Gasteiger charge is 2.44. The minimum atomic E-state index is -1.04. The molecule has 4 aromatic rings. The topological polar surface area (TPSA) is 128 Å². The fourth-order valence-corrected chi connectivity index (χ4v) is 6.47. The summed E-state index contributed by atoms with van der Waals surface area (Å²) in [7, 11) is 0. The van der Waals surface area contributed by atoms with Crippen molar-refractivity contribution in [2.45, 2.75) is 69.2 Å². The third-order valence-corrected chi connectivity index (χ3v) is 8.61. The molecule has 1 saturated carbocycles. The van der Waals surface area contributed by atoms with Crippen molar-refractivity contribution in [3.63, 3.8) is 0 Å². The number of pyridine rings is 1. The van der Waals surface area contributed by atoms with Crippen LogP contribution in [0.1, 0.15) is 66.1 Å². The summed E-state index contributed by atoms with van der Waals surface area (Å²) in [6.45, 7) is 0.374. The summed E-state index contributed by atoms with van der Waals surface area (Å²) in [5.41, 5.74) is 2.79. The summed E-state index contributed by atoms with van der Waals surface area (Å²) < 4.78 is 18.3. The van der Waals surface area contributed by atoms with E-state index in [1.165, 1.54) is 12.3 Å². The molecule has 2 saturated heterocycles. The highest BCUT2D eigenvalue weighted by molar-refractivity contribution is 6.39. The molecule has 3 fully saturated rings. The second kappa shape index (κ2) is 10.2. The predicted molar refractivity (Wildman–Crippen MR) is 146 cm³/mol. The molecule has 0 radical (unpaired) electrons. The molecule has 3 aliphatic rings. The molecule has 2 atom stereocenters. The first-order valence-electron chi connectivity index (χ1n) is 13.3. The summed E-state index contributed by atoms with van der Waals surface area (Å²) in [5, 5.41) is 23.0. The number of carboxylic acid groups (broad SMARTS) is 1. The average molecular weight is 582 g/mol. The van der Waals surface area contributed by atoms with Crippen LogP contribution in [0, 0.1) is 0 Å². The molecule has 2 aliphatic heterocycles. The SMILES string of the molecule is O=C(O)c1ccc(-c2nnc(N3C4CCC3CC(OCc3c(-c5c(Cl)cccc5Cl)noc3C3CC3)C4)o2)nc1. The lowest BCUT2D eigenvalue weighted by Gasteiger charge is -2.37. The van der Waals surface area contributed by atoms with Crippen molar-refractivity contribution >= 4 is 35.2 Å². The van der Waals surface area contributed by atoms with Crippen LogP contribution >= 0.6 is 23.2 Å². The number of fused-ring (bicyclic) bond motifs is 2. The highest BCUT2D eigenvalue weighted by Crippen LogP contribution is 2.47. The number of carboxylic acids is 1. The van der Waals surface area contributed by atoms with Crippen LogP contribution in [-0.4, -0.2) is 49.6 Å². The maximum atomic E-state index is 11.1. The van der Waals surface area contributed by atoms with Crippen molar-refractivity contribution in [1.82, 2.24) is 20.3 Å². The number of rotatable bonds is 8. The number of anilines is 1. The van der Waals surface area contributed by atoms with Crippen LogP contribution in [0.5, 0.6) is 0 Å². The van der Waals surface area contributed by atoms with Crippen molar-refractivity contribution in [3.8, 4) is 22.8 Å². The first-order chi connectivity index (χ1) is 19.5. The Labute approximate surface area is 239 Å². The monoisotopic (exact) mass is 581 g/mol. The molecular weight excluding hydrogens is 557 g/mol. The normalized spacial score (nSPS) is 22.1. The quantitative estimate of drug-likeness (QED) is 0.250. The van der Waals surface area contributed by atoms with Crippen LogP contribution < -0.4 is 4.90 Å². The first kappa shape index (κ1) is 25.5. The number of benzene rings is 1. The van der Waals surface area contributed by atoms with Crippen molar-refractivity contribution in [1.29, 1.82) is 0 Å². The van der Waals surface area contributed by atoms with E-state index >= 15 is 0 Å². The second-order valence-electron chi connectivity index (χ2n) is 10.6. The van der Waals surface area contributed by atoms with Gasteiger partial charge in [-0.2, -0.15) is 0 Å². The molecule has 5 heterocycles. The summed E-state index contributed by atoms with van der Waals surface area (Å²) >= 11 is 13.0. The molecule has 206 valence electrons. The Morgan fingerprint density at radius 2 is 1.80 bits per heavy atom. The number of halogens is 2. The standard InChI is InChI=1S/C28H25Cl2N5O5/c29-20-2-1-3-21(30)23(20)24-19(25(40-34-24)14-4-5-14)13-38-18-10-16-7-8-17(11-18)35(16)28-33-32-26(39-28)22-9-6-15(12-31-22)27(36)37/h1-3,6,9,12,14,16-18H,4-5,7-8,10-11,13H2,(H,36,37). The lowest BCUT2D eigenvalue weighted by Crippen LogP contribution is -2.45. The molecular formula is C28H25Cl2N5O5. The number of hydrogen-bond acceptors (Lipinski definition) is 9. The Bertz CT molecular complexity index is 1530. The molecule has 10 nitrogen and oxygen atoms in total. The van der Waals surface area contributed by atoms with Gasteiger partial charge in [-0.05, 0) is 62.8 Å². The Morgan fingerprint density at radius 1 is 1.05 bits per heavy atom. The van der Waals surface area contributed by atoms with Crippen molar-refractivity contribution in [2.75, 3.05) is 4.90 Å². The third-order valence-electron chi connectivity index (χ3n) is 7.98. The number of hydrogen-bond donors (Lipinski definition) is 1. The molecule has 1 aliphatic carbocycles. The smallest absolute Gasteiger partial charge is 0.337 e. The minimum absolute atomic E-state index is 0.0536. The van der Waals surface area contributed by atoms with Crippen molar-refractivity contribution < 1.29 is 23.6 Å². The molecule has 0 amide bonds. The van der Waals surface area contributed by atoms with E-state index < -0.39 is 5.97 Å². The summed E-state index contributed by atoms with van der Waals surface area (Å²) in [5.74, 6) is 0.453. The molecule has 1 aromatic carbocycles. The zero-order valence-electron chi connectivity index (χ0n) is 21.3. The van der Waals surface area contributed by atoms with Gasteiger partial charge in [0.25, 0.3) is 5.89 Å². The van der Waals surface area contributed by atoms with Gasteiger partial charge in [-0.1, -0.05) is 39.5 Å². The van der Waals surface area contributed by atoms with Crippen LogP contribution in [0.4, 0.5) is 6.01 Å². The van der Waals surface area contributed by atoms with E-state index in [-0.39, 0.29) is 29.6 Å². The maximum absolute atomic E-state index is 11.1. The summed E-state index contributed by atoms with van der Waals surface area (Å²) in [6.07, 6.45) is 7.15. The molecule has 2 unspecified atom stereocenters. The van der Waals surface area contributed by atoms with Gasteiger partial charge in [-0.25, -0.2) is 4.79 Å². The van der Waals surface area contributed by atoms with Crippen molar-refractivity contribution in [3.05, 3.63) is 63.5 Å². The van der Waals surface area contributed by atoms with Crippen LogP contribution in [0.25, 0.3) is 22.8 Å². The molecule has 40 heavy (non-hydrogen) atoms. The van der Waals surface area contributed by atoms with Crippen LogP contribution in [0.2, 0.25) is 10.0 Å². The number of aromatic carboxylic acids is 1. The van der Waals surface area contributed by atoms with Gasteiger partial charge in [0, 0.05) is 35.3 Å². The largest absolute Gasteiger partial charge is 0.478 e. The second-order valence-corrected chi connectivity index (χ2v) is 11.4. The Morgan fingerprint density at radius 3 is 2.45 bits per heavy atom. The number of nitrogens with zero attached hydrogens (tertiary/aromatic N) is 5. The Kier molecular flexibility index (Phi) is 6.48. The van der Waals surface area contributed by atoms with Crippen LogP contribution in [0.15, 0.2) is 45.5 Å². The van der Waals surface area contributed by atoms with E-state index in [1.807, 2.05) is 6.07 Å². The van der Waals surface area contributed by atoms with E-state index in [4.69, 9.17) is 42.0 Å². The molecule has 7 rings (SSSR count). The van der Waals surface area contributed by atoms with E-state index in [1.54, 1.807) is 18.2 Å². The Hall–Kier alpha value is -3.47. The summed E-state index contributed by atoms with van der Waals surface area (Å²) in [4.78, 5) is 17.5. The van der Waals surface area contributed by atoms with Gasteiger partial charge < -0.3 is 23.7 Å². The van der Waals surface area contributed by atoms with Crippen LogP contribution in [0.3, 0.4) is 0 Å².